The lowest BCUT2D eigenvalue weighted by atomic mass is 10.3. The molecule has 0 aliphatic heterocycles. The SMILES string of the molecule is CC/C=C/CC#CC(C)O. The van der Waals surface area contributed by atoms with Gasteiger partial charge in [-0.25, -0.2) is 0 Å². The van der Waals surface area contributed by atoms with Gasteiger partial charge in [0, 0.05) is 6.42 Å². The molecule has 10 heavy (non-hydrogen) atoms. The molecule has 0 amide bonds. The third-order valence-corrected chi connectivity index (χ3v) is 0.933. The van der Waals surface area contributed by atoms with E-state index in [4.69, 9.17) is 5.11 Å². The van der Waals surface area contributed by atoms with Gasteiger partial charge in [-0.15, -0.1) is 0 Å². The molecule has 0 aliphatic rings. The van der Waals surface area contributed by atoms with Gasteiger partial charge in [0.1, 0.15) is 6.10 Å². The monoisotopic (exact) mass is 138 g/mol. The van der Waals surface area contributed by atoms with Gasteiger partial charge in [-0.05, 0) is 13.3 Å². The summed E-state index contributed by atoms with van der Waals surface area (Å²) in [5, 5.41) is 8.71. The molecule has 0 aromatic carbocycles. The van der Waals surface area contributed by atoms with Gasteiger partial charge in [0.25, 0.3) is 0 Å². The molecular formula is C9H14O. The quantitative estimate of drug-likeness (QED) is 0.455. The van der Waals surface area contributed by atoms with E-state index in [-0.39, 0.29) is 0 Å². The van der Waals surface area contributed by atoms with Crippen molar-refractivity contribution < 1.29 is 5.11 Å². The second kappa shape index (κ2) is 6.38. The van der Waals surface area contributed by atoms with Gasteiger partial charge in [0.2, 0.25) is 0 Å². The molecule has 56 valence electrons. The van der Waals surface area contributed by atoms with Crippen LogP contribution < -0.4 is 0 Å². The first-order valence-electron chi connectivity index (χ1n) is 3.58. The molecule has 1 unspecified atom stereocenters. The highest BCUT2D eigenvalue weighted by atomic mass is 16.3. The Morgan fingerprint density at radius 1 is 1.50 bits per heavy atom. The van der Waals surface area contributed by atoms with E-state index in [1.165, 1.54) is 0 Å². The van der Waals surface area contributed by atoms with Gasteiger partial charge in [-0.3, -0.25) is 0 Å². The van der Waals surface area contributed by atoms with Crippen molar-refractivity contribution in [2.45, 2.75) is 32.8 Å². The average Bonchev–Trinajstić information content (AvgIpc) is 1.87. The number of aliphatic hydroxyl groups excluding tert-OH is 1. The van der Waals surface area contributed by atoms with Crippen molar-refractivity contribution in [3.05, 3.63) is 12.2 Å². The minimum Gasteiger partial charge on any atom is -0.381 e. The maximum atomic E-state index is 8.71. The van der Waals surface area contributed by atoms with Crippen LogP contribution in [0.1, 0.15) is 26.7 Å². The van der Waals surface area contributed by atoms with Gasteiger partial charge >= 0.3 is 0 Å². The number of hydrogen-bond donors (Lipinski definition) is 1. The van der Waals surface area contributed by atoms with Crippen LogP contribution in [0.4, 0.5) is 0 Å². The van der Waals surface area contributed by atoms with Crippen molar-refractivity contribution in [2.75, 3.05) is 0 Å². The van der Waals surface area contributed by atoms with E-state index in [1.54, 1.807) is 6.92 Å². The molecule has 0 aromatic rings. The summed E-state index contributed by atoms with van der Waals surface area (Å²) in [5.41, 5.74) is 0. The molecule has 0 saturated heterocycles. The predicted octanol–water partition coefficient (Wildman–Crippen LogP) is 1.73. The minimum atomic E-state index is -0.491. The smallest absolute Gasteiger partial charge is 0.111 e. The van der Waals surface area contributed by atoms with E-state index < -0.39 is 6.10 Å². The molecule has 0 bridgehead atoms. The molecule has 0 aliphatic carbocycles. The lowest BCUT2D eigenvalue weighted by molar-refractivity contribution is 0.253. The van der Waals surface area contributed by atoms with Crippen molar-refractivity contribution in [3.8, 4) is 11.8 Å². The lowest BCUT2D eigenvalue weighted by Gasteiger charge is -1.85. The van der Waals surface area contributed by atoms with Crippen LogP contribution in [0.5, 0.6) is 0 Å². The molecule has 0 rings (SSSR count). The maximum absolute atomic E-state index is 8.71. The first-order chi connectivity index (χ1) is 4.77. The Hall–Kier alpha value is -0.740. The van der Waals surface area contributed by atoms with Gasteiger partial charge in [0.05, 0.1) is 0 Å². The fourth-order valence-electron chi connectivity index (χ4n) is 0.516. The third-order valence-electron chi connectivity index (χ3n) is 0.933. The van der Waals surface area contributed by atoms with Gasteiger partial charge in [-0.1, -0.05) is 30.9 Å². The number of rotatable bonds is 2. The molecule has 0 spiro atoms. The fourth-order valence-corrected chi connectivity index (χ4v) is 0.516. The van der Waals surface area contributed by atoms with Gasteiger partial charge in [0.15, 0.2) is 0 Å². The predicted molar refractivity (Wildman–Crippen MR) is 43.5 cm³/mol. The Bertz CT molecular complexity index is 146. The molecule has 0 saturated carbocycles. The topological polar surface area (TPSA) is 20.2 Å². The Morgan fingerprint density at radius 3 is 2.70 bits per heavy atom. The largest absolute Gasteiger partial charge is 0.381 e. The Balaban J connectivity index is 3.37. The summed E-state index contributed by atoms with van der Waals surface area (Å²) < 4.78 is 0. The zero-order valence-electron chi connectivity index (χ0n) is 6.59. The Labute approximate surface area is 62.8 Å². The van der Waals surface area contributed by atoms with Crippen LogP contribution in [0, 0.1) is 11.8 Å². The summed E-state index contributed by atoms with van der Waals surface area (Å²) in [6.45, 7) is 3.75. The van der Waals surface area contributed by atoms with E-state index in [2.05, 4.69) is 24.8 Å². The summed E-state index contributed by atoms with van der Waals surface area (Å²) in [6.07, 6.45) is 5.39. The molecule has 0 radical (unpaired) electrons. The zero-order chi connectivity index (χ0) is 7.82. The van der Waals surface area contributed by atoms with Crippen LogP contribution in [0.2, 0.25) is 0 Å². The van der Waals surface area contributed by atoms with Crippen LogP contribution in [0.25, 0.3) is 0 Å². The molecule has 1 N–H and O–H groups in total. The molecular weight excluding hydrogens is 124 g/mol. The highest BCUT2D eigenvalue weighted by Crippen LogP contribution is 1.84. The third kappa shape index (κ3) is 7.26. The van der Waals surface area contributed by atoms with Crippen molar-refractivity contribution in [1.29, 1.82) is 0 Å². The maximum Gasteiger partial charge on any atom is 0.111 e. The molecule has 1 heteroatoms. The van der Waals surface area contributed by atoms with E-state index >= 15 is 0 Å². The Kier molecular flexibility index (Phi) is 5.91. The minimum absolute atomic E-state index is 0.491. The molecule has 0 aromatic heterocycles. The van der Waals surface area contributed by atoms with Crippen LogP contribution >= 0.6 is 0 Å². The van der Waals surface area contributed by atoms with E-state index in [9.17, 15) is 0 Å². The summed E-state index contributed by atoms with van der Waals surface area (Å²) in [7, 11) is 0. The highest BCUT2D eigenvalue weighted by molar-refractivity contribution is 5.07. The fraction of sp³-hybridized carbons (Fsp3) is 0.556. The van der Waals surface area contributed by atoms with Crippen LogP contribution in [0.3, 0.4) is 0 Å². The summed E-state index contributed by atoms with van der Waals surface area (Å²) in [4.78, 5) is 0. The van der Waals surface area contributed by atoms with Crippen molar-refractivity contribution in [2.24, 2.45) is 0 Å². The van der Waals surface area contributed by atoms with Crippen LogP contribution in [-0.4, -0.2) is 11.2 Å². The zero-order valence-corrected chi connectivity index (χ0v) is 6.59. The first kappa shape index (κ1) is 9.26. The number of allylic oxidation sites excluding steroid dienone is 2. The van der Waals surface area contributed by atoms with Crippen molar-refractivity contribution >= 4 is 0 Å². The molecule has 1 nitrogen and oxygen atoms in total. The van der Waals surface area contributed by atoms with E-state index in [0.717, 1.165) is 12.8 Å². The van der Waals surface area contributed by atoms with Crippen LogP contribution in [0.15, 0.2) is 12.2 Å². The average molecular weight is 138 g/mol. The highest BCUT2D eigenvalue weighted by Gasteiger charge is 1.79. The standard InChI is InChI=1S/C9H14O/c1-3-4-5-6-7-8-9(2)10/h4-5,9-10H,3,6H2,1-2H3/b5-4+. The van der Waals surface area contributed by atoms with E-state index in [0.29, 0.717) is 0 Å². The molecule has 0 fully saturated rings. The normalized spacial score (nSPS) is 12.7. The number of aliphatic hydroxyl groups is 1. The summed E-state index contributed by atoms with van der Waals surface area (Å²) >= 11 is 0. The second-order valence-corrected chi connectivity index (χ2v) is 2.08. The Morgan fingerprint density at radius 2 is 2.20 bits per heavy atom. The van der Waals surface area contributed by atoms with E-state index in [1.807, 2.05) is 6.08 Å². The second-order valence-electron chi connectivity index (χ2n) is 2.08. The van der Waals surface area contributed by atoms with Gasteiger partial charge in [-0.2, -0.15) is 0 Å². The van der Waals surface area contributed by atoms with Crippen molar-refractivity contribution in [1.82, 2.24) is 0 Å². The lowest BCUT2D eigenvalue weighted by Crippen LogP contribution is -1.91. The molecule has 0 heterocycles. The summed E-state index contributed by atoms with van der Waals surface area (Å²) in [5.74, 6) is 5.49. The van der Waals surface area contributed by atoms with Gasteiger partial charge < -0.3 is 5.11 Å². The van der Waals surface area contributed by atoms with Crippen molar-refractivity contribution in [3.63, 3.8) is 0 Å². The number of hydrogen-bond acceptors (Lipinski definition) is 1. The van der Waals surface area contributed by atoms with Crippen LogP contribution in [-0.2, 0) is 0 Å². The summed E-state index contributed by atoms with van der Waals surface area (Å²) in [6, 6.07) is 0. The molecule has 1 atom stereocenters. The first-order valence-corrected chi connectivity index (χ1v) is 3.58.